The van der Waals surface area contributed by atoms with Crippen LogP contribution >= 0.6 is 0 Å². The van der Waals surface area contributed by atoms with Gasteiger partial charge < -0.3 is 4.84 Å². The third kappa shape index (κ3) is 3.32. The van der Waals surface area contributed by atoms with Crippen molar-refractivity contribution in [3.63, 3.8) is 0 Å². The van der Waals surface area contributed by atoms with Gasteiger partial charge in [-0.15, -0.1) is 0 Å². The number of hydrogen-bond acceptors (Lipinski definition) is 2. The van der Waals surface area contributed by atoms with Gasteiger partial charge >= 0.3 is 0 Å². The molecule has 18 heavy (non-hydrogen) atoms. The highest BCUT2D eigenvalue weighted by Gasteiger charge is 1.98. The van der Waals surface area contributed by atoms with E-state index in [-0.39, 0.29) is 0 Å². The van der Waals surface area contributed by atoms with Crippen molar-refractivity contribution in [2.45, 2.75) is 0 Å². The first-order chi connectivity index (χ1) is 8.90. The lowest BCUT2D eigenvalue weighted by Gasteiger charge is -2.00. The first kappa shape index (κ1) is 12.1. The van der Waals surface area contributed by atoms with Gasteiger partial charge in [0.15, 0.2) is 0 Å². The van der Waals surface area contributed by atoms with Crippen LogP contribution in [0.3, 0.4) is 0 Å². The molecule has 2 heteroatoms. The molecule has 0 aliphatic rings. The summed E-state index contributed by atoms with van der Waals surface area (Å²) in [6, 6.07) is 20.1. The van der Waals surface area contributed by atoms with E-state index in [2.05, 4.69) is 5.16 Å². The first-order valence-electron chi connectivity index (χ1n) is 5.80. The fourth-order valence-electron chi connectivity index (χ4n) is 1.63. The average Bonchev–Trinajstić information content (AvgIpc) is 2.45. The standard InChI is InChI=1S/C16H15NO/c1-18-17-16(15-10-6-3-7-11-15)13-12-14-8-4-2-5-9-14/h2-13H,1H3/b13-12+,17-16+. The number of nitrogens with zero attached hydrogens (tertiary/aromatic N) is 1. The van der Waals surface area contributed by atoms with Crippen LogP contribution in [0.1, 0.15) is 11.1 Å². The molecule has 0 aliphatic carbocycles. The van der Waals surface area contributed by atoms with Crippen LogP contribution in [0.25, 0.3) is 6.08 Å². The van der Waals surface area contributed by atoms with E-state index in [0.29, 0.717) is 0 Å². The van der Waals surface area contributed by atoms with E-state index in [1.54, 1.807) is 7.11 Å². The maximum absolute atomic E-state index is 4.88. The number of hydrogen-bond donors (Lipinski definition) is 0. The Kier molecular flexibility index (Phi) is 4.31. The highest BCUT2D eigenvalue weighted by molar-refractivity contribution is 6.10. The van der Waals surface area contributed by atoms with Crippen LogP contribution in [0.4, 0.5) is 0 Å². The number of rotatable bonds is 4. The summed E-state index contributed by atoms with van der Waals surface area (Å²) in [5.74, 6) is 0. The zero-order valence-corrected chi connectivity index (χ0v) is 10.3. The summed E-state index contributed by atoms with van der Waals surface area (Å²) in [5, 5.41) is 4.04. The molecule has 2 aromatic rings. The normalized spacial score (nSPS) is 11.7. The topological polar surface area (TPSA) is 21.6 Å². The molecular formula is C16H15NO. The molecule has 0 N–H and O–H groups in total. The molecule has 0 radical (unpaired) electrons. The predicted molar refractivity (Wildman–Crippen MR) is 75.5 cm³/mol. The molecule has 0 aliphatic heterocycles. The van der Waals surface area contributed by atoms with Crippen molar-refractivity contribution < 1.29 is 4.84 Å². The van der Waals surface area contributed by atoms with E-state index in [4.69, 9.17) is 4.84 Å². The van der Waals surface area contributed by atoms with Crippen LogP contribution in [-0.4, -0.2) is 12.8 Å². The van der Waals surface area contributed by atoms with Gasteiger partial charge in [-0.25, -0.2) is 0 Å². The zero-order valence-electron chi connectivity index (χ0n) is 10.3. The summed E-state index contributed by atoms with van der Waals surface area (Å²) in [6.07, 6.45) is 3.97. The van der Waals surface area contributed by atoms with Crippen molar-refractivity contribution in [1.29, 1.82) is 0 Å². The Morgan fingerprint density at radius 1 is 0.944 bits per heavy atom. The molecule has 0 unspecified atom stereocenters. The Hall–Kier alpha value is -2.35. The Bertz CT molecular complexity index is 530. The summed E-state index contributed by atoms with van der Waals surface area (Å²) >= 11 is 0. The minimum absolute atomic E-state index is 0.807. The summed E-state index contributed by atoms with van der Waals surface area (Å²) in [4.78, 5) is 4.88. The Morgan fingerprint density at radius 2 is 1.56 bits per heavy atom. The quantitative estimate of drug-likeness (QED) is 0.586. The van der Waals surface area contributed by atoms with Gasteiger partial charge in [0.25, 0.3) is 0 Å². The van der Waals surface area contributed by atoms with E-state index in [9.17, 15) is 0 Å². The largest absolute Gasteiger partial charge is 0.399 e. The second kappa shape index (κ2) is 6.40. The molecule has 0 saturated heterocycles. The van der Waals surface area contributed by atoms with Crippen molar-refractivity contribution in [3.05, 3.63) is 77.9 Å². The average molecular weight is 237 g/mol. The molecule has 0 saturated carbocycles. The van der Waals surface area contributed by atoms with E-state index in [1.807, 2.05) is 72.8 Å². The van der Waals surface area contributed by atoms with Gasteiger partial charge in [-0.1, -0.05) is 71.9 Å². The van der Waals surface area contributed by atoms with Gasteiger partial charge in [-0.2, -0.15) is 0 Å². The highest BCUT2D eigenvalue weighted by Crippen LogP contribution is 2.06. The van der Waals surface area contributed by atoms with Crippen LogP contribution in [0, 0.1) is 0 Å². The number of allylic oxidation sites excluding steroid dienone is 1. The predicted octanol–water partition coefficient (Wildman–Crippen LogP) is 3.75. The second-order valence-electron chi connectivity index (χ2n) is 3.77. The van der Waals surface area contributed by atoms with Gasteiger partial charge in [-0.05, 0) is 11.6 Å². The highest BCUT2D eigenvalue weighted by atomic mass is 16.6. The maximum Gasteiger partial charge on any atom is 0.110 e. The molecule has 2 aromatic carbocycles. The van der Waals surface area contributed by atoms with E-state index < -0.39 is 0 Å². The molecule has 90 valence electrons. The SMILES string of the molecule is CO/N=C(\C=C\c1ccccc1)c1ccccc1. The van der Waals surface area contributed by atoms with Crippen LogP contribution in [0.15, 0.2) is 71.9 Å². The van der Waals surface area contributed by atoms with Crippen molar-refractivity contribution in [2.75, 3.05) is 7.11 Å². The van der Waals surface area contributed by atoms with Gasteiger partial charge in [-0.3, -0.25) is 0 Å². The van der Waals surface area contributed by atoms with Gasteiger partial charge in [0.2, 0.25) is 0 Å². The number of benzene rings is 2. The summed E-state index contributed by atoms with van der Waals surface area (Å²) in [5.41, 5.74) is 2.98. The van der Waals surface area contributed by atoms with Crippen molar-refractivity contribution >= 4 is 11.8 Å². The molecule has 0 fully saturated rings. The lowest BCUT2D eigenvalue weighted by molar-refractivity contribution is 0.214. The Morgan fingerprint density at radius 3 is 2.17 bits per heavy atom. The molecule has 0 atom stereocenters. The van der Waals surface area contributed by atoms with Gasteiger partial charge in [0.1, 0.15) is 12.8 Å². The molecule has 0 amide bonds. The smallest absolute Gasteiger partial charge is 0.110 e. The Balaban J connectivity index is 2.23. The van der Waals surface area contributed by atoms with Crippen molar-refractivity contribution in [3.8, 4) is 0 Å². The molecule has 2 nitrogen and oxygen atoms in total. The van der Waals surface area contributed by atoms with Gasteiger partial charge in [0, 0.05) is 5.56 Å². The maximum atomic E-state index is 4.88. The molecular weight excluding hydrogens is 222 g/mol. The fraction of sp³-hybridized carbons (Fsp3) is 0.0625. The first-order valence-corrected chi connectivity index (χ1v) is 5.80. The molecule has 0 bridgehead atoms. The van der Waals surface area contributed by atoms with Crippen LogP contribution in [0.5, 0.6) is 0 Å². The van der Waals surface area contributed by atoms with E-state index in [0.717, 1.165) is 16.8 Å². The van der Waals surface area contributed by atoms with E-state index >= 15 is 0 Å². The molecule has 0 spiro atoms. The van der Waals surface area contributed by atoms with Gasteiger partial charge in [0.05, 0.1) is 0 Å². The van der Waals surface area contributed by atoms with Crippen molar-refractivity contribution in [2.24, 2.45) is 5.16 Å². The molecule has 0 heterocycles. The lowest BCUT2D eigenvalue weighted by atomic mass is 10.1. The zero-order chi connectivity index (χ0) is 12.6. The lowest BCUT2D eigenvalue weighted by Crippen LogP contribution is -1.96. The van der Waals surface area contributed by atoms with Crippen LogP contribution in [0.2, 0.25) is 0 Å². The third-order valence-electron chi connectivity index (χ3n) is 2.49. The molecule has 0 aromatic heterocycles. The third-order valence-corrected chi connectivity index (χ3v) is 2.49. The van der Waals surface area contributed by atoms with Crippen molar-refractivity contribution in [1.82, 2.24) is 0 Å². The van der Waals surface area contributed by atoms with Crippen LogP contribution < -0.4 is 0 Å². The summed E-state index contributed by atoms with van der Waals surface area (Å²) in [6.45, 7) is 0. The van der Waals surface area contributed by atoms with E-state index in [1.165, 1.54) is 0 Å². The summed E-state index contributed by atoms with van der Waals surface area (Å²) in [7, 11) is 1.55. The fourth-order valence-corrected chi connectivity index (χ4v) is 1.63. The minimum atomic E-state index is 0.807. The second-order valence-corrected chi connectivity index (χ2v) is 3.77. The summed E-state index contributed by atoms with van der Waals surface area (Å²) < 4.78 is 0. The van der Waals surface area contributed by atoms with Crippen LogP contribution in [-0.2, 0) is 4.84 Å². The molecule has 2 rings (SSSR count). The minimum Gasteiger partial charge on any atom is -0.399 e. The Labute approximate surface area is 107 Å². The number of oxime groups is 1. The monoisotopic (exact) mass is 237 g/mol.